The van der Waals surface area contributed by atoms with Crippen molar-refractivity contribution in [1.29, 1.82) is 0 Å². The third-order valence-electron chi connectivity index (χ3n) is 6.10. The van der Waals surface area contributed by atoms with Crippen LogP contribution in [-0.4, -0.2) is 74.4 Å². The first-order chi connectivity index (χ1) is 15.9. The molecule has 5 unspecified atom stereocenters. The molecular formula is C25H36Cl2N2O4+2. The van der Waals surface area contributed by atoms with E-state index in [2.05, 4.69) is 6.92 Å². The average Bonchev–Trinajstić information content (AvgIpc) is 2.78. The van der Waals surface area contributed by atoms with Crippen LogP contribution in [0.4, 0.5) is 0 Å². The summed E-state index contributed by atoms with van der Waals surface area (Å²) in [6, 6.07) is 15.5. The Morgan fingerprint density at radius 2 is 1.30 bits per heavy atom. The van der Waals surface area contributed by atoms with Gasteiger partial charge >= 0.3 is 0 Å². The zero-order chi connectivity index (χ0) is 23.6. The van der Waals surface area contributed by atoms with E-state index in [1.165, 1.54) is 9.80 Å². The number of quaternary nitrogens is 2. The molecule has 0 radical (unpaired) electrons. The molecule has 4 N–H and O–H groups in total. The van der Waals surface area contributed by atoms with Crippen LogP contribution in [0.1, 0.15) is 18.1 Å². The first-order valence-electron chi connectivity index (χ1n) is 11.6. The Balaban J connectivity index is 1.29. The average molecular weight is 499 g/mol. The maximum absolute atomic E-state index is 10.4. The van der Waals surface area contributed by atoms with Crippen molar-refractivity contribution in [3.8, 4) is 0 Å². The van der Waals surface area contributed by atoms with Crippen molar-refractivity contribution in [2.24, 2.45) is 0 Å². The molecule has 0 aromatic heterocycles. The molecule has 182 valence electrons. The molecule has 1 aliphatic rings. The van der Waals surface area contributed by atoms with E-state index in [1.54, 1.807) is 0 Å². The van der Waals surface area contributed by atoms with Gasteiger partial charge in [-0.2, -0.15) is 0 Å². The number of rotatable bonds is 12. The second kappa shape index (κ2) is 13.6. The summed E-state index contributed by atoms with van der Waals surface area (Å²) in [7, 11) is 0. The number of benzene rings is 2. The van der Waals surface area contributed by atoms with Gasteiger partial charge in [-0.1, -0.05) is 47.5 Å². The van der Waals surface area contributed by atoms with Crippen molar-refractivity contribution in [3.63, 3.8) is 0 Å². The summed E-state index contributed by atoms with van der Waals surface area (Å²) in [5.41, 5.74) is 2.08. The van der Waals surface area contributed by atoms with Crippen molar-refractivity contribution in [1.82, 2.24) is 0 Å². The van der Waals surface area contributed by atoms with E-state index in [4.69, 9.17) is 32.7 Å². The summed E-state index contributed by atoms with van der Waals surface area (Å²) in [5.74, 6) is 0. The smallest absolute Gasteiger partial charge is 0.134 e. The Labute approximate surface area is 206 Å². The minimum atomic E-state index is -0.497. The molecule has 0 spiro atoms. The molecule has 2 aromatic rings. The van der Waals surface area contributed by atoms with Gasteiger partial charge in [0.1, 0.15) is 51.0 Å². The third-order valence-corrected chi connectivity index (χ3v) is 6.60. The maximum atomic E-state index is 10.4. The molecule has 1 fully saturated rings. The van der Waals surface area contributed by atoms with Crippen LogP contribution in [-0.2, 0) is 22.7 Å². The normalized spacial score (nSPS) is 22.8. The minimum absolute atomic E-state index is 0.319. The van der Waals surface area contributed by atoms with Gasteiger partial charge in [-0.3, -0.25) is 0 Å². The maximum Gasteiger partial charge on any atom is 0.134 e. The summed E-state index contributed by atoms with van der Waals surface area (Å²) in [6.45, 7) is 8.01. The van der Waals surface area contributed by atoms with Crippen LogP contribution in [0.15, 0.2) is 48.5 Å². The van der Waals surface area contributed by atoms with E-state index < -0.39 is 12.2 Å². The molecule has 3 rings (SSSR count). The fourth-order valence-corrected chi connectivity index (χ4v) is 4.54. The second-order valence-electron chi connectivity index (χ2n) is 9.01. The van der Waals surface area contributed by atoms with E-state index in [0.29, 0.717) is 55.6 Å². The quantitative estimate of drug-likeness (QED) is 0.346. The highest BCUT2D eigenvalue weighted by Gasteiger charge is 2.32. The molecule has 33 heavy (non-hydrogen) atoms. The Hall–Kier alpha value is -1.22. The molecule has 1 aliphatic heterocycles. The van der Waals surface area contributed by atoms with Gasteiger partial charge in [0.25, 0.3) is 0 Å². The Kier molecular flexibility index (Phi) is 10.9. The number of halogens is 2. The van der Waals surface area contributed by atoms with E-state index in [1.807, 2.05) is 48.5 Å². The first-order valence-corrected chi connectivity index (χ1v) is 12.3. The summed E-state index contributed by atoms with van der Waals surface area (Å²) in [6.07, 6.45) is -0.990. The van der Waals surface area contributed by atoms with Crippen molar-refractivity contribution in [2.75, 3.05) is 45.9 Å². The van der Waals surface area contributed by atoms with Gasteiger partial charge in [0.05, 0.1) is 26.4 Å². The van der Waals surface area contributed by atoms with E-state index in [9.17, 15) is 10.2 Å². The fraction of sp³-hybridized carbons (Fsp3) is 0.520. The minimum Gasteiger partial charge on any atom is -0.385 e. The van der Waals surface area contributed by atoms with E-state index in [0.717, 1.165) is 30.8 Å². The molecule has 0 aliphatic carbocycles. The molecule has 0 amide bonds. The van der Waals surface area contributed by atoms with Crippen LogP contribution in [0, 0.1) is 0 Å². The standard InChI is InChI=1S/C25H34Cl2N2O4/c1-19-12-28(13-24(30)17-32-15-20-2-6-22(26)7-3-20)10-11-29(19)14-25(31)18-33-16-21-4-8-23(27)9-5-21/h2-9,19,24-25,30-31H,10-18H2,1H3/p+2. The SMILES string of the molecule is CC1C[NH+](CC(O)COCc2ccc(Cl)cc2)CC[NH+]1CC(O)COCc1ccc(Cl)cc1. The van der Waals surface area contributed by atoms with Gasteiger partial charge in [0.15, 0.2) is 0 Å². The molecular weight excluding hydrogens is 463 g/mol. The number of hydrogen-bond acceptors (Lipinski definition) is 4. The predicted molar refractivity (Wildman–Crippen MR) is 130 cm³/mol. The number of aliphatic hydroxyl groups is 2. The van der Waals surface area contributed by atoms with Crippen LogP contribution in [0.25, 0.3) is 0 Å². The highest BCUT2D eigenvalue weighted by Crippen LogP contribution is 2.11. The molecule has 0 saturated carbocycles. The van der Waals surface area contributed by atoms with Gasteiger partial charge in [0, 0.05) is 10.0 Å². The summed E-state index contributed by atoms with van der Waals surface area (Å²) >= 11 is 11.8. The van der Waals surface area contributed by atoms with Crippen LogP contribution < -0.4 is 9.80 Å². The van der Waals surface area contributed by atoms with Gasteiger partial charge in [-0.15, -0.1) is 0 Å². The lowest BCUT2D eigenvalue weighted by molar-refractivity contribution is -1.03. The lowest BCUT2D eigenvalue weighted by Gasteiger charge is -2.36. The van der Waals surface area contributed by atoms with Crippen molar-refractivity contribution in [3.05, 3.63) is 69.7 Å². The number of nitrogens with one attached hydrogen (secondary N) is 2. The Bertz CT molecular complexity index is 822. The number of piperazine rings is 1. The molecule has 6 nitrogen and oxygen atoms in total. The molecule has 2 aromatic carbocycles. The molecule has 1 heterocycles. The summed E-state index contributed by atoms with van der Waals surface area (Å²) in [4.78, 5) is 2.76. The van der Waals surface area contributed by atoms with Crippen molar-refractivity contribution >= 4 is 23.2 Å². The van der Waals surface area contributed by atoms with Crippen LogP contribution in [0.3, 0.4) is 0 Å². The van der Waals surface area contributed by atoms with Crippen molar-refractivity contribution in [2.45, 2.75) is 38.4 Å². The largest absolute Gasteiger partial charge is 0.385 e. The highest BCUT2D eigenvalue weighted by molar-refractivity contribution is 6.30. The number of ether oxygens (including phenoxy) is 2. The fourth-order valence-electron chi connectivity index (χ4n) is 4.29. The monoisotopic (exact) mass is 498 g/mol. The summed E-state index contributed by atoms with van der Waals surface area (Å²) < 4.78 is 11.4. The zero-order valence-corrected chi connectivity index (χ0v) is 20.7. The molecule has 1 saturated heterocycles. The second-order valence-corrected chi connectivity index (χ2v) is 9.89. The Morgan fingerprint density at radius 3 is 1.79 bits per heavy atom. The van der Waals surface area contributed by atoms with E-state index >= 15 is 0 Å². The first kappa shape index (κ1) is 26.4. The third kappa shape index (κ3) is 9.51. The Morgan fingerprint density at radius 1 is 0.818 bits per heavy atom. The van der Waals surface area contributed by atoms with Crippen LogP contribution >= 0.6 is 23.2 Å². The van der Waals surface area contributed by atoms with Crippen molar-refractivity contribution < 1.29 is 29.5 Å². The van der Waals surface area contributed by atoms with Crippen LogP contribution in [0.2, 0.25) is 10.0 Å². The lowest BCUT2D eigenvalue weighted by Crippen LogP contribution is -3.31. The molecule has 5 atom stereocenters. The van der Waals surface area contributed by atoms with Crippen LogP contribution in [0.5, 0.6) is 0 Å². The zero-order valence-electron chi connectivity index (χ0n) is 19.2. The number of aliphatic hydroxyl groups excluding tert-OH is 2. The summed E-state index contributed by atoms with van der Waals surface area (Å²) in [5, 5.41) is 22.2. The number of hydrogen-bond donors (Lipinski definition) is 4. The van der Waals surface area contributed by atoms with Gasteiger partial charge in [-0.25, -0.2) is 0 Å². The van der Waals surface area contributed by atoms with Gasteiger partial charge in [0.2, 0.25) is 0 Å². The van der Waals surface area contributed by atoms with E-state index in [-0.39, 0.29) is 0 Å². The predicted octanol–water partition coefficient (Wildman–Crippen LogP) is 0.621. The van der Waals surface area contributed by atoms with Gasteiger partial charge < -0.3 is 29.5 Å². The highest BCUT2D eigenvalue weighted by atomic mass is 35.5. The topological polar surface area (TPSA) is 67.8 Å². The van der Waals surface area contributed by atoms with Gasteiger partial charge in [-0.05, 0) is 42.3 Å². The molecule has 0 bridgehead atoms. The lowest BCUT2D eigenvalue weighted by atomic mass is 10.1. The molecule has 8 heteroatoms.